The van der Waals surface area contributed by atoms with Crippen molar-refractivity contribution in [2.75, 3.05) is 48.7 Å². The molecule has 10 rings (SSSR count). The highest BCUT2D eigenvalue weighted by molar-refractivity contribution is 7.90. The molecule has 2 saturated carbocycles. The van der Waals surface area contributed by atoms with E-state index in [1.807, 2.05) is 6.07 Å². The Labute approximate surface area is 390 Å². The van der Waals surface area contributed by atoms with Crippen LogP contribution >= 0.6 is 0 Å². The molecule has 1 amide bonds. The Hall–Kier alpha value is -5.91. The normalized spacial score (nSPS) is 25.0. The fourth-order valence-corrected chi connectivity index (χ4v) is 12.6. The number of fused-ring (bicyclic) bond motifs is 2. The number of carbonyl (C=O) groups excluding carboxylic acids is 1. The zero-order chi connectivity index (χ0) is 46.8. The minimum Gasteiger partial charge on any atom is -0.489 e. The number of aromatic amines is 1. The van der Waals surface area contributed by atoms with Gasteiger partial charge in [-0.15, -0.1) is 0 Å². The van der Waals surface area contributed by atoms with Crippen LogP contribution in [-0.4, -0.2) is 89.7 Å². The van der Waals surface area contributed by atoms with Gasteiger partial charge in [-0.3, -0.25) is 19.8 Å². The van der Waals surface area contributed by atoms with Crippen LogP contribution in [0.25, 0.3) is 11.0 Å². The van der Waals surface area contributed by atoms with Gasteiger partial charge in [0, 0.05) is 67.7 Å². The fraction of sp³-hybridized carbons (Fsp3) is 0.480. The maximum Gasteiger partial charge on any atom is 0.297 e. The van der Waals surface area contributed by atoms with Gasteiger partial charge < -0.3 is 35.5 Å². The van der Waals surface area contributed by atoms with E-state index in [-0.39, 0.29) is 58.3 Å². The number of likely N-dealkylation sites (tertiary alicyclic amines) is 1. The molecule has 3 aromatic carbocycles. The highest BCUT2D eigenvalue weighted by atomic mass is 32.2. The number of sulfonamides is 1. The summed E-state index contributed by atoms with van der Waals surface area (Å²) >= 11 is 0. The summed E-state index contributed by atoms with van der Waals surface area (Å²) in [6.45, 7) is 10.3. The Bertz CT molecular complexity index is 2820. The summed E-state index contributed by atoms with van der Waals surface area (Å²) in [5, 5.41) is 26.8. The Morgan fingerprint density at radius 1 is 1.01 bits per heavy atom. The highest BCUT2D eigenvalue weighted by Crippen LogP contribution is 2.49. The maximum absolute atomic E-state index is 14.2. The van der Waals surface area contributed by atoms with Crippen LogP contribution in [0.4, 0.5) is 22.9 Å². The van der Waals surface area contributed by atoms with Crippen LogP contribution in [0.15, 0.2) is 77.8 Å². The van der Waals surface area contributed by atoms with Crippen molar-refractivity contribution in [1.29, 1.82) is 0 Å². The van der Waals surface area contributed by atoms with Gasteiger partial charge in [0.2, 0.25) is 0 Å². The second-order valence-corrected chi connectivity index (χ2v) is 21.9. The number of benzene rings is 3. The van der Waals surface area contributed by atoms with E-state index >= 15 is 0 Å². The molecule has 2 aliphatic carbocycles. The molecule has 3 atom stereocenters. The number of nitro benzene ring substituents is 1. The van der Waals surface area contributed by atoms with Gasteiger partial charge in [-0.25, -0.2) is 18.1 Å². The first kappa shape index (κ1) is 44.9. The van der Waals surface area contributed by atoms with Gasteiger partial charge in [0.1, 0.15) is 18.0 Å². The van der Waals surface area contributed by atoms with Gasteiger partial charge in [-0.05, 0) is 117 Å². The lowest BCUT2D eigenvalue weighted by molar-refractivity contribution is -0.384. The SMILES string of the molecule is CC(C)c1ccccc1[C@H]1CCC[C@H]1N1CC2(CCN(c3ccc(C(=O)NS(=O)(=O)c4cc5c(c([N+](=O)[O-])c4)N[C@@H]([C@H]4CC[C@](C)(O)CC4)CO5)c(Oc4cc5cc[nH]c5nc4N)c3)CC2)C1. The highest BCUT2D eigenvalue weighted by Gasteiger charge is 2.49. The number of nitrogens with two attached hydrogens (primary N) is 1. The van der Waals surface area contributed by atoms with Crippen molar-refractivity contribution in [3.8, 4) is 17.2 Å². The first-order chi connectivity index (χ1) is 32.1. The van der Waals surface area contributed by atoms with Crippen LogP contribution in [0.1, 0.15) is 112 Å². The molecule has 5 aliphatic rings. The first-order valence-electron chi connectivity index (χ1n) is 23.7. The van der Waals surface area contributed by atoms with E-state index in [1.54, 1.807) is 31.3 Å². The van der Waals surface area contributed by atoms with Crippen LogP contribution < -0.4 is 30.1 Å². The Morgan fingerprint density at radius 3 is 2.52 bits per heavy atom. The molecule has 1 spiro atoms. The fourth-order valence-electron chi connectivity index (χ4n) is 11.6. The van der Waals surface area contributed by atoms with E-state index in [0.717, 1.165) is 56.2 Å². The minimum atomic E-state index is -4.69. The average molecular weight is 933 g/mol. The number of nitro groups is 1. The largest absolute Gasteiger partial charge is 0.489 e. The van der Waals surface area contributed by atoms with Crippen LogP contribution in [0.2, 0.25) is 0 Å². The third-order valence-corrected chi connectivity index (χ3v) is 16.7. The molecule has 5 heterocycles. The molecule has 67 heavy (non-hydrogen) atoms. The molecule has 16 nitrogen and oxygen atoms in total. The Kier molecular flexibility index (Phi) is 11.6. The number of anilines is 3. The van der Waals surface area contributed by atoms with E-state index in [2.05, 4.69) is 67.9 Å². The van der Waals surface area contributed by atoms with E-state index < -0.39 is 37.0 Å². The quantitative estimate of drug-likeness (QED) is 0.0621. The summed E-state index contributed by atoms with van der Waals surface area (Å²) in [6.07, 6.45) is 10.1. The molecule has 5 aromatic rings. The molecular formula is C50H60N8O8S. The van der Waals surface area contributed by atoms with Crippen molar-refractivity contribution in [1.82, 2.24) is 19.6 Å². The first-order valence-corrected chi connectivity index (χ1v) is 25.2. The number of nitrogens with one attached hydrogen (secondary N) is 3. The second kappa shape index (κ2) is 17.3. The maximum atomic E-state index is 14.2. The number of nitrogen functional groups attached to an aromatic ring is 1. The molecule has 2 saturated heterocycles. The summed E-state index contributed by atoms with van der Waals surface area (Å²) in [4.78, 5) is 37.8. The lowest BCUT2D eigenvalue weighted by atomic mass is 9.70. The number of aromatic nitrogens is 2. The van der Waals surface area contributed by atoms with Gasteiger partial charge in [-0.1, -0.05) is 44.5 Å². The predicted molar refractivity (Wildman–Crippen MR) is 257 cm³/mol. The van der Waals surface area contributed by atoms with Gasteiger partial charge in [0.15, 0.2) is 23.0 Å². The number of aliphatic hydroxyl groups is 1. The number of H-pyrrole nitrogens is 1. The number of amides is 1. The minimum absolute atomic E-state index is 0.00866. The predicted octanol–water partition coefficient (Wildman–Crippen LogP) is 8.44. The van der Waals surface area contributed by atoms with Gasteiger partial charge >= 0.3 is 0 Å². The molecule has 2 aromatic heterocycles. The zero-order valence-electron chi connectivity index (χ0n) is 38.3. The van der Waals surface area contributed by atoms with E-state index in [9.17, 15) is 28.4 Å². The van der Waals surface area contributed by atoms with E-state index in [0.29, 0.717) is 49.2 Å². The molecule has 0 unspecified atom stereocenters. The topological polar surface area (TPSA) is 218 Å². The number of rotatable bonds is 11. The Balaban J connectivity index is 0.866. The summed E-state index contributed by atoms with van der Waals surface area (Å²) in [5.41, 5.74) is 9.68. The molecular weight excluding hydrogens is 873 g/mol. The smallest absolute Gasteiger partial charge is 0.297 e. The van der Waals surface area contributed by atoms with E-state index in [4.69, 9.17) is 15.2 Å². The summed E-state index contributed by atoms with van der Waals surface area (Å²) < 4.78 is 42.5. The molecule has 0 radical (unpaired) electrons. The van der Waals surface area contributed by atoms with Crippen molar-refractivity contribution in [3.63, 3.8) is 0 Å². The third kappa shape index (κ3) is 8.77. The number of hydrogen-bond acceptors (Lipinski definition) is 13. The van der Waals surface area contributed by atoms with Gasteiger partial charge in [-0.2, -0.15) is 0 Å². The molecule has 17 heteroatoms. The van der Waals surface area contributed by atoms with Crippen LogP contribution in [-0.2, 0) is 10.0 Å². The summed E-state index contributed by atoms with van der Waals surface area (Å²) in [7, 11) is -4.69. The third-order valence-electron chi connectivity index (χ3n) is 15.4. The van der Waals surface area contributed by atoms with Crippen LogP contribution in [0, 0.1) is 21.4 Å². The second-order valence-electron chi connectivity index (χ2n) is 20.3. The lowest BCUT2D eigenvalue weighted by Gasteiger charge is -2.57. The van der Waals surface area contributed by atoms with Gasteiger partial charge in [0.25, 0.3) is 21.6 Å². The zero-order valence-corrected chi connectivity index (χ0v) is 39.1. The van der Waals surface area contributed by atoms with Crippen molar-refractivity contribution < 1.29 is 32.7 Å². The van der Waals surface area contributed by atoms with Crippen molar-refractivity contribution in [2.45, 2.75) is 113 Å². The van der Waals surface area contributed by atoms with Crippen LogP contribution in [0.5, 0.6) is 17.2 Å². The number of ether oxygens (including phenoxy) is 2. The monoisotopic (exact) mass is 932 g/mol. The summed E-state index contributed by atoms with van der Waals surface area (Å²) in [6, 6.07) is 20.0. The number of nitrogens with zero attached hydrogens (tertiary/aromatic N) is 4. The number of carbonyl (C=O) groups is 1. The standard InChI is InChI=1S/C50H60N8O8S/c1-30(2)35-7-4-5-8-36(35)37-9-6-10-40(37)57-28-50(29-57)18-21-56(22-19-50)33-11-12-38(42(24-33)66-44-23-32-15-20-52-47(32)54-46(44)51)48(59)55-67(63,64)34-25-41(58(61)62)45-43(26-34)65-27-39(53-45)31-13-16-49(3,60)17-14-31/h4-5,7-8,11-12,15,20,23-26,30-31,37,39-40,53,60H,6,9-10,13-14,16-19,21-22,27-29H2,1-3H3,(H,55,59)(H3,51,52,54)/t31-,37-,39-,40-,49-/m1/s1. The summed E-state index contributed by atoms with van der Waals surface area (Å²) in [5.74, 6) is 0.458. The number of hydrogen-bond donors (Lipinski definition) is 5. The lowest BCUT2D eigenvalue weighted by Crippen LogP contribution is -2.63. The van der Waals surface area contributed by atoms with E-state index in [1.165, 1.54) is 42.5 Å². The molecule has 6 N–H and O–H groups in total. The van der Waals surface area contributed by atoms with Crippen molar-refractivity contribution >= 4 is 49.8 Å². The number of pyridine rings is 1. The molecule has 354 valence electrons. The van der Waals surface area contributed by atoms with Crippen molar-refractivity contribution in [2.24, 2.45) is 11.3 Å². The van der Waals surface area contributed by atoms with Crippen molar-refractivity contribution in [3.05, 3.63) is 99.7 Å². The Morgan fingerprint density at radius 2 is 1.78 bits per heavy atom. The van der Waals surface area contributed by atoms with Gasteiger partial charge in [0.05, 0.1) is 27.0 Å². The number of piperidine rings is 1. The molecule has 4 fully saturated rings. The average Bonchev–Trinajstić information content (AvgIpc) is 3.97. The van der Waals surface area contributed by atoms with Crippen LogP contribution in [0.3, 0.4) is 0 Å². The molecule has 0 bridgehead atoms. The molecule has 3 aliphatic heterocycles.